The van der Waals surface area contributed by atoms with Crippen molar-refractivity contribution in [2.45, 2.75) is 39.8 Å². The van der Waals surface area contributed by atoms with Crippen molar-refractivity contribution in [3.05, 3.63) is 50.6 Å². The highest BCUT2D eigenvalue weighted by atomic mass is 32.1. The number of benzene rings is 1. The fourth-order valence-electron chi connectivity index (χ4n) is 2.30. The summed E-state index contributed by atoms with van der Waals surface area (Å²) in [6, 6.07) is 7.61. The lowest BCUT2D eigenvalue weighted by molar-refractivity contribution is -0.121. The molecule has 2 rings (SSSR count). The summed E-state index contributed by atoms with van der Waals surface area (Å²) in [7, 11) is 0. The summed E-state index contributed by atoms with van der Waals surface area (Å²) in [4.78, 5) is 23.7. The summed E-state index contributed by atoms with van der Waals surface area (Å²) in [6.45, 7) is 6.80. The van der Waals surface area contributed by atoms with Gasteiger partial charge in [0.1, 0.15) is 5.75 Å². The number of hydrogen-bond acceptors (Lipinski definition) is 4. The van der Waals surface area contributed by atoms with Crippen LogP contribution in [0.15, 0.2) is 34.4 Å². The van der Waals surface area contributed by atoms with E-state index in [0.717, 1.165) is 28.3 Å². The van der Waals surface area contributed by atoms with Gasteiger partial charge in [-0.15, -0.1) is 0 Å². The topological polar surface area (TPSA) is 60.3 Å². The van der Waals surface area contributed by atoms with Crippen LogP contribution < -0.4 is 14.9 Å². The van der Waals surface area contributed by atoms with Gasteiger partial charge in [0.2, 0.25) is 5.91 Å². The lowest BCUT2D eigenvalue weighted by Crippen LogP contribution is -2.28. The van der Waals surface area contributed by atoms with Crippen molar-refractivity contribution in [1.29, 1.82) is 0 Å². The molecule has 1 aromatic heterocycles. The van der Waals surface area contributed by atoms with Crippen molar-refractivity contribution in [2.75, 3.05) is 6.61 Å². The van der Waals surface area contributed by atoms with E-state index in [-0.39, 0.29) is 16.8 Å². The Hall–Kier alpha value is -2.08. The van der Waals surface area contributed by atoms with Gasteiger partial charge in [0, 0.05) is 24.0 Å². The minimum Gasteiger partial charge on any atom is -0.494 e. The number of nitrogens with one attached hydrogen (secondary N) is 1. The Bertz CT molecular complexity index is 703. The van der Waals surface area contributed by atoms with Gasteiger partial charge >= 0.3 is 4.87 Å². The second-order valence-electron chi connectivity index (χ2n) is 5.34. The van der Waals surface area contributed by atoms with Crippen LogP contribution in [0.3, 0.4) is 0 Å². The summed E-state index contributed by atoms with van der Waals surface area (Å²) in [5, 5.41) is 4.77. The zero-order valence-electron chi connectivity index (χ0n) is 13.7. The van der Waals surface area contributed by atoms with Gasteiger partial charge in [-0.25, -0.2) is 0 Å². The van der Waals surface area contributed by atoms with Crippen molar-refractivity contribution in [3.63, 3.8) is 0 Å². The zero-order valence-corrected chi connectivity index (χ0v) is 14.5. The molecule has 124 valence electrons. The molecule has 0 unspecified atom stereocenters. The molecule has 1 amide bonds. The molecule has 23 heavy (non-hydrogen) atoms. The molecule has 0 saturated carbocycles. The minimum atomic E-state index is -0.0847. The minimum absolute atomic E-state index is 0.0186. The van der Waals surface area contributed by atoms with E-state index in [9.17, 15) is 9.59 Å². The van der Waals surface area contributed by atoms with E-state index in [4.69, 9.17) is 4.74 Å². The standard InChI is InChI=1S/C17H22N2O3S/c1-4-22-15-7-5-14(6-8-15)13(3)18-16(20)9-10-19-12(2)11-23-17(19)21/h5-8,11,13H,4,9-10H2,1-3H3,(H,18,20)/t13-/m0/s1. The van der Waals surface area contributed by atoms with Crippen molar-refractivity contribution in [2.24, 2.45) is 0 Å². The Labute approximate surface area is 139 Å². The fourth-order valence-corrected chi connectivity index (χ4v) is 3.07. The average molecular weight is 334 g/mol. The predicted molar refractivity (Wildman–Crippen MR) is 92.1 cm³/mol. The summed E-state index contributed by atoms with van der Waals surface area (Å²) in [5.74, 6) is 0.756. The highest BCUT2D eigenvalue weighted by Gasteiger charge is 2.11. The van der Waals surface area contributed by atoms with Crippen molar-refractivity contribution in [1.82, 2.24) is 9.88 Å². The molecule has 1 N–H and O–H groups in total. The Kier molecular flexibility index (Phi) is 5.98. The van der Waals surface area contributed by atoms with E-state index in [1.807, 2.05) is 50.4 Å². The Balaban J connectivity index is 1.88. The SMILES string of the molecule is CCOc1ccc([C@H](C)NC(=O)CCn2c(C)csc2=O)cc1. The summed E-state index contributed by atoms with van der Waals surface area (Å²) in [5.41, 5.74) is 1.91. The number of rotatable bonds is 7. The van der Waals surface area contributed by atoms with E-state index >= 15 is 0 Å². The first-order valence-electron chi connectivity index (χ1n) is 7.68. The predicted octanol–water partition coefficient (Wildman–Crippen LogP) is 2.88. The van der Waals surface area contributed by atoms with E-state index < -0.39 is 0 Å². The van der Waals surface area contributed by atoms with Gasteiger partial charge in [-0.2, -0.15) is 0 Å². The molecule has 0 bridgehead atoms. The van der Waals surface area contributed by atoms with Crippen molar-refractivity contribution in [3.8, 4) is 5.75 Å². The molecule has 1 heterocycles. The van der Waals surface area contributed by atoms with Crippen LogP contribution in [0.4, 0.5) is 0 Å². The first kappa shape index (κ1) is 17.3. The number of aromatic nitrogens is 1. The third kappa shape index (κ3) is 4.69. The zero-order chi connectivity index (χ0) is 16.8. The molecule has 5 nitrogen and oxygen atoms in total. The smallest absolute Gasteiger partial charge is 0.307 e. The Morgan fingerprint density at radius 3 is 2.61 bits per heavy atom. The van der Waals surface area contributed by atoms with Gasteiger partial charge in [0.25, 0.3) is 0 Å². The molecular weight excluding hydrogens is 312 g/mol. The van der Waals surface area contributed by atoms with Crippen LogP contribution in [0.2, 0.25) is 0 Å². The van der Waals surface area contributed by atoms with Gasteiger partial charge in [0.15, 0.2) is 0 Å². The third-order valence-corrected chi connectivity index (χ3v) is 4.49. The molecule has 0 fully saturated rings. The lowest BCUT2D eigenvalue weighted by atomic mass is 10.1. The largest absolute Gasteiger partial charge is 0.494 e. The lowest BCUT2D eigenvalue weighted by Gasteiger charge is -2.15. The van der Waals surface area contributed by atoms with E-state index in [1.54, 1.807) is 4.57 Å². The van der Waals surface area contributed by atoms with Gasteiger partial charge in [0.05, 0.1) is 12.6 Å². The highest BCUT2D eigenvalue weighted by Crippen LogP contribution is 2.17. The van der Waals surface area contributed by atoms with Crippen LogP contribution in [0.25, 0.3) is 0 Å². The summed E-state index contributed by atoms with van der Waals surface area (Å²) < 4.78 is 7.04. The molecule has 0 radical (unpaired) electrons. The van der Waals surface area contributed by atoms with E-state index in [2.05, 4.69) is 5.32 Å². The third-order valence-electron chi connectivity index (χ3n) is 3.61. The van der Waals surface area contributed by atoms with Crippen LogP contribution in [-0.4, -0.2) is 17.1 Å². The van der Waals surface area contributed by atoms with Crippen molar-refractivity contribution < 1.29 is 9.53 Å². The average Bonchev–Trinajstić information content (AvgIpc) is 2.85. The van der Waals surface area contributed by atoms with Crippen LogP contribution in [-0.2, 0) is 11.3 Å². The quantitative estimate of drug-likeness (QED) is 0.847. The molecule has 0 aliphatic heterocycles. The molecule has 6 heteroatoms. The maximum Gasteiger partial charge on any atom is 0.307 e. The maximum absolute atomic E-state index is 12.1. The molecule has 2 aromatic rings. The number of aryl methyl sites for hydroxylation is 1. The first-order valence-corrected chi connectivity index (χ1v) is 8.56. The molecule has 0 aliphatic rings. The molecule has 1 aromatic carbocycles. The van der Waals surface area contributed by atoms with E-state index in [0.29, 0.717) is 19.6 Å². The molecule has 1 atom stereocenters. The van der Waals surface area contributed by atoms with Gasteiger partial charge in [-0.05, 0) is 38.5 Å². The molecular formula is C17H22N2O3S. The van der Waals surface area contributed by atoms with Crippen LogP contribution in [0.5, 0.6) is 5.75 Å². The number of hydrogen-bond donors (Lipinski definition) is 1. The number of ether oxygens (including phenoxy) is 1. The van der Waals surface area contributed by atoms with Crippen LogP contribution >= 0.6 is 11.3 Å². The Morgan fingerprint density at radius 1 is 1.35 bits per heavy atom. The van der Waals surface area contributed by atoms with E-state index in [1.165, 1.54) is 0 Å². The summed E-state index contributed by atoms with van der Waals surface area (Å²) in [6.07, 6.45) is 0.291. The number of carbonyl (C=O) groups is 1. The van der Waals surface area contributed by atoms with Gasteiger partial charge in [-0.1, -0.05) is 23.5 Å². The molecule has 0 saturated heterocycles. The Morgan fingerprint density at radius 2 is 2.04 bits per heavy atom. The van der Waals surface area contributed by atoms with Crippen LogP contribution in [0.1, 0.15) is 37.6 Å². The van der Waals surface area contributed by atoms with Gasteiger partial charge in [-0.3, -0.25) is 9.59 Å². The van der Waals surface area contributed by atoms with Gasteiger partial charge < -0.3 is 14.6 Å². The highest BCUT2D eigenvalue weighted by molar-refractivity contribution is 7.07. The number of carbonyl (C=O) groups excluding carboxylic acids is 1. The maximum atomic E-state index is 12.1. The normalized spacial score (nSPS) is 12.0. The first-order chi connectivity index (χ1) is 11.0. The molecule has 0 aliphatic carbocycles. The van der Waals surface area contributed by atoms with Crippen LogP contribution in [0, 0.1) is 6.92 Å². The monoisotopic (exact) mass is 334 g/mol. The number of amides is 1. The molecule has 0 spiro atoms. The van der Waals surface area contributed by atoms with Crippen molar-refractivity contribution >= 4 is 17.2 Å². The number of nitrogens with zero attached hydrogens (tertiary/aromatic N) is 1. The number of thiazole rings is 1. The fraction of sp³-hybridized carbons (Fsp3) is 0.412. The second kappa shape index (κ2) is 7.97. The summed E-state index contributed by atoms with van der Waals surface area (Å²) >= 11 is 1.16. The second-order valence-corrected chi connectivity index (χ2v) is 6.16.